The first-order chi connectivity index (χ1) is 13.2. The molecule has 0 saturated heterocycles. The Morgan fingerprint density at radius 3 is 2.56 bits per heavy atom. The Morgan fingerprint density at radius 1 is 1.15 bits per heavy atom. The maximum absolute atomic E-state index is 12.8. The van der Waals surface area contributed by atoms with Crippen molar-refractivity contribution in [3.63, 3.8) is 0 Å². The summed E-state index contributed by atoms with van der Waals surface area (Å²) >= 11 is 1.69. The normalized spacial score (nSPS) is 12.1. The van der Waals surface area contributed by atoms with Gasteiger partial charge in [-0.15, -0.1) is 11.3 Å². The SMILES string of the molecule is COc1cc(NC(=O)c2noc3c2CCc2sccc2-3)cc(OC)c1OC. The van der Waals surface area contributed by atoms with E-state index in [2.05, 4.69) is 10.5 Å². The molecule has 1 N–H and O–H groups in total. The number of aryl methyl sites for hydroxylation is 1. The maximum atomic E-state index is 12.8. The van der Waals surface area contributed by atoms with Crippen LogP contribution in [0, 0.1) is 0 Å². The molecule has 1 aromatic carbocycles. The van der Waals surface area contributed by atoms with Crippen LogP contribution in [-0.4, -0.2) is 32.4 Å². The third-order valence-corrected chi connectivity index (χ3v) is 5.50. The molecule has 0 unspecified atom stereocenters. The molecule has 0 bridgehead atoms. The molecular formula is C19H18N2O5S. The lowest BCUT2D eigenvalue weighted by Crippen LogP contribution is -2.15. The zero-order chi connectivity index (χ0) is 19.0. The van der Waals surface area contributed by atoms with Crippen molar-refractivity contribution in [3.05, 3.63) is 39.7 Å². The van der Waals surface area contributed by atoms with Crippen LogP contribution in [-0.2, 0) is 12.8 Å². The van der Waals surface area contributed by atoms with Gasteiger partial charge < -0.3 is 24.1 Å². The van der Waals surface area contributed by atoms with E-state index in [-0.39, 0.29) is 5.91 Å². The molecule has 0 aliphatic heterocycles. The minimum atomic E-state index is -0.340. The molecule has 1 aliphatic carbocycles. The molecule has 27 heavy (non-hydrogen) atoms. The number of hydrogen-bond acceptors (Lipinski definition) is 7. The Balaban J connectivity index is 1.65. The van der Waals surface area contributed by atoms with Gasteiger partial charge in [0.05, 0.1) is 21.3 Å². The number of amides is 1. The van der Waals surface area contributed by atoms with E-state index in [1.807, 2.05) is 11.4 Å². The summed E-state index contributed by atoms with van der Waals surface area (Å²) in [5.74, 6) is 1.72. The maximum Gasteiger partial charge on any atom is 0.278 e. The van der Waals surface area contributed by atoms with Crippen LogP contribution < -0.4 is 19.5 Å². The van der Waals surface area contributed by atoms with Crippen molar-refractivity contribution in [2.75, 3.05) is 26.6 Å². The Labute approximate surface area is 159 Å². The van der Waals surface area contributed by atoms with Gasteiger partial charge in [-0.3, -0.25) is 4.79 Å². The monoisotopic (exact) mass is 386 g/mol. The molecule has 3 aromatic rings. The average molecular weight is 386 g/mol. The zero-order valence-electron chi connectivity index (χ0n) is 15.1. The van der Waals surface area contributed by atoms with Gasteiger partial charge in [-0.2, -0.15) is 0 Å². The number of ether oxygens (including phenoxy) is 3. The van der Waals surface area contributed by atoms with Crippen molar-refractivity contribution in [2.24, 2.45) is 0 Å². The highest BCUT2D eigenvalue weighted by atomic mass is 32.1. The Bertz CT molecular complexity index is 982. The number of rotatable bonds is 5. The minimum Gasteiger partial charge on any atom is -0.493 e. The van der Waals surface area contributed by atoms with Gasteiger partial charge >= 0.3 is 0 Å². The first-order valence-corrected chi connectivity index (χ1v) is 9.20. The van der Waals surface area contributed by atoms with Crippen LogP contribution in [0.25, 0.3) is 11.3 Å². The predicted molar refractivity (Wildman–Crippen MR) is 101 cm³/mol. The average Bonchev–Trinajstić information content (AvgIpc) is 3.33. The number of nitrogens with zero attached hydrogens (tertiary/aromatic N) is 1. The van der Waals surface area contributed by atoms with E-state index >= 15 is 0 Å². The molecule has 7 nitrogen and oxygen atoms in total. The van der Waals surface area contributed by atoms with Crippen molar-refractivity contribution < 1.29 is 23.5 Å². The van der Waals surface area contributed by atoms with Crippen LogP contribution in [0.4, 0.5) is 5.69 Å². The standard InChI is InChI=1S/C19H18N2O5S/c1-23-13-8-10(9-14(24-2)18(13)25-3)20-19(22)16-12-4-5-15-11(6-7-27-15)17(12)26-21-16/h6-9H,4-5H2,1-3H3,(H,20,22). The summed E-state index contributed by atoms with van der Waals surface area (Å²) in [6.45, 7) is 0. The highest BCUT2D eigenvalue weighted by molar-refractivity contribution is 7.10. The summed E-state index contributed by atoms with van der Waals surface area (Å²) in [7, 11) is 4.57. The number of fused-ring (bicyclic) bond motifs is 3. The van der Waals surface area contributed by atoms with Crippen molar-refractivity contribution in [1.82, 2.24) is 5.16 Å². The van der Waals surface area contributed by atoms with Gasteiger partial charge in [0.25, 0.3) is 5.91 Å². The molecule has 1 aliphatic rings. The molecule has 0 saturated carbocycles. The molecule has 8 heteroatoms. The lowest BCUT2D eigenvalue weighted by molar-refractivity contribution is 0.101. The smallest absolute Gasteiger partial charge is 0.278 e. The highest BCUT2D eigenvalue weighted by Gasteiger charge is 2.28. The lowest BCUT2D eigenvalue weighted by Gasteiger charge is -2.14. The van der Waals surface area contributed by atoms with E-state index in [4.69, 9.17) is 18.7 Å². The topological polar surface area (TPSA) is 82.8 Å². The summed E-state index contributed by atoms with van der Waals surface area (Å²) < 4.78 is 21.4. The summed E-state index contributed by atoms with van der Waals surface area (Å²) in [5, 5.41) is 8.89. The van der Waals surface area contributed by atoms with E-state index in [1.54, 1.807) is 23.5 Å². The fraction of sp³-hybridized carbons (Fsp3) is 0.263. The number of carbonyl (C=O) groups excluding carboxylic acids is 1. The van der Waals surface area contributed by atoms with Crippen LogP contribution >= 0.6 is 11.3 Å². The first-order valence-electron chi connectivity index (χ1n) is 8.33. The Kier molecular flexibility index (Phi) is 4.49. The third-order valence-electron chi connectivity index (χ3n) is 4.52. The predicted octanol–water partition coefficient (Wildman–Crippen LogP) is 3.78. The number of aromatic nitrogens is 1. The van der Waals surface area contributed by atoms with Gasteiger partial charge in [0, 0.05) is 33.8 Å². The van der Waals surface area contributed by atoms with Gasteiger partial charge in [0.1, 0.15) is 0 Å². The lowest BCUT2D eigenvalue weighted by atomic mass is 9.95. The van der Waals surface area contributed by atoms with Crippen LogP contribution in [0.5, 0.6) is 17.2 Å². The fourth-order valence-corrected chi connectivity index (χ4v) is 4.13. The van der Waals surface area contributed by atoms with Crippen LogP contribution in [0.15, 0.2) is 28.1 Å². The second-order valence-corrected chi connectivity index (χ2v) is 6.97. The Morgan fingerprint density at radius 2 is 1.89 bits per heavy atom. The van der Waals surface area contributed by atoms with Crippen LogP contribution in [0.1, 0.15) is 20.9 Å². The van der Waals surface area contributed by atoms with E-state index < -0.39 is 0 Å². The molecule has 0 spiro atoms. The van der Waals surface area contributed by atoms with E-state index in [0.29, 0.717) is 34.4 Å². The molecule has 2 aromatic heterocycles. The molecule has 0 radical (unpaired) electrons. The van der Waals surface area contributed by atoms with Gasteiger partial charge in [0.15, 0.2) is 23.0 Å². The number of hydrogen-bond donors (Lipinski definition) is 1. The third kappa shape index (κ3) is 2.91. The van der Waals surface area contributed by atoms with Crippen LogP contribution in [0.2, 0.25) is 0 Å². The van der Waals surface area contributed by atoms with Gasteiger partial charge in [-0.25, -0.2) is 0 Å². The molecule has 2 heterocycles. The summed E-state index contributed by atoms with van der Waals surface area (Å²) in [6, 6.07) is 5.34. The molecule has 0 atom stereocenters. The highest BCUT2D eigenvalue weighted by Crippen LogP contribution is 2.41. The van der Waals surface area contributed by atoms with Gasteiger partial charge in [-0.05, 0) is 24.3 Å². The molecule has 140 valence electrons. The fourth-order valence-electron chi connectivity index (χ4n) is 3.25. The minimum absolute atomic E-state index is 0.301. The molecule has 0 fully saturated rings. The summed E-state index contributed by atoms with van der Waals surface area (Å²) in [4.78, 5) is 14.1. The van der Waals surface area contributed by atoms with Crippen molar-refractivity contribution >= 4 is 22.9 Å². The molecule has 1 amide bonds. The molecule has 4 rings (SSSR count). The summed E-state index contributed by atoms with van der Waals surface area (Å²) in [6.07, 6.45) is 1.61. The van der Waals surface area contributed by atoms with Gasteiger partial charge in [-0.1, -0.05) is 5.16 Å². The second-order valence-electron chi connectivity index (χ2n) is 5.96. The van der Waals surface area contributed by atoms with Crippen molar-refractivity contribution in [1.29, 1.82) is 0 Å². The number of thiophene rings is 1. The Hall–Kier alpha value is -3.00. The number of anilines is 1. The number of benzene rings is 1. The number of nitrogens with one attached hydrogen (secondary N) is 1. The van der Waals surface area contributed by atoms with Crippen molar-refractivity contribution in [3.8, 4) is 28.6 Å². The summed E-state index contributed by atoms with van der Waals surface area (Å²) in [5.41, 5.74) is 2.68. The van der Waals surface area contributed by atoms with E-state index in [9.17, 15) is 4.79 Å². The molecular weight excluding hydrogens is 368 g/mol. The number of methoxy groups -OCH3 is 3. The van der Waals surface area contributed by atoms with Gasteiger partial charge in [0.2, 0.25) is 5.75 Å². The largest absolute Gasteiger partial charge is 0.493 e. The van der Waals surface area contributed by atoms with E-state index in [1.165, 1.54) is 26.2 Å². The van der Waals surface area contributed by atoms with Crippen molar-refractivity contribution in [2.45, 2.75) is 12.8 Å². The van der Waals surface area contributed by atoms with E-state index in [0.717, 1.165) is 24.0 Å². The second kappa shape index (κ2) is 6.96. The van der Waals surface area contributed by atoms with Crippen LogP contribution in [0.3, 0.4) is 0 Å². The number of carbonyl (C=O) groups is 1. The first kappa shape index (κ1) is 17.4. The zero-order valence-corrected chi connectivity index (χ0v) is 15.9. The quantitative estimate of drug-likeness (QED) is 0.719.